The molecule has 0 aromatic heterocycles. The van der Waals surface area contributed by atoms with E-state index in [1.54, 1.807) is 7.11 Å². The number of hydrogen-bond donors (Lipinski definition) is 1. The Morgan fingerprint density at radius 2 is 1.64 bits per heavy atom. The van der Waals surface area contributed by atoms with Crippen molar-refractivity contribution in [1.82, 2.24) is 0 Å². The molecule has 0 aliphatic carbocycles. The molecule has 25 heavy (non-hydrogen) atoms. The summed E-state index contributed by atoms with van der Waals surface area (Å²) in [5, 5.41) is 0. The minimum absolute atomic E-state index is 0. The molecule has 2 N–H and O–H groups in total. The molecular weight excluding hydrogens is 334 g/mol. The van der Waals surface area contributed by atoms with Gasteiger partial charge in [-0.05, 0) is 34.9 Å². The zero-order valence-corrected chi connectivity index (χ0v) is 15.0. The lowest BCUT2D eigenvalue weighted by molar-refractivity contribution is 0.307. The molecule has 0 fully saturated rings. The molecule has 0 aliphatic rings. The molecule has 0 heterocycles. The number of rotatable bonds is 6. The van der Waals surface area contributed by atoms with Crippen LogP contribution < -0.4 is 15.2 Å². The van der Waals surface area contributed by atoms with E-state index in [2.05, 4.69) is 24.3 Å². The van der Waals surface area contributed by atoms with Crippen LogP contribution in [0.1, 0.15) is 11.1 Å². The third-order valence-electron chi connectivity index (χ3n) is 3.90. The number of methoxy groups -OCH3 is 1. The zero-order valence-electron chi connectivity index (χ0n) is 14.1. The van der Waals surface area contributed by atoms with E-state index in [4.69, 9.17) is 15.2 Å². The van der Waals surface area contributed by atoms with Gasteiger partial charge in [-0.2, -0.15) is 0 Å². The molecule has 0 spiro atoms. The summed E-state index contributed by atoms with van der Waals surface area (Å²) < 4.78 is 11.4. The van der Waals surface area contributed by atoms with E-state index in [0.717, 1.165) is 33.8 Å². The first-order valence-corrected chi connectivity index (χ1v) is 7.94. The standard InChI is InChI=1S/C21H21NO2.ClH/c1-23-19-9-5-8-18(13-19)20-11-10-17(14-22)12-21(20)24-15-16-6-3-2-4-7-16;/h2-13H,14-15,22H2,1H3;1H. The highest BCUT2D eigenvalue weighted by Crippen LogP contribution is 2.33. The van der Waals surface area contributed by atoms with Crippen molar-refractivity contribution in [2.45, 2.75) is 13.2 Å². The average Bonchev–Trinajstić information content (AvgIpc) is 2.67. The largest absolute Gasteiger partial charge is 0.497 e. The van der Waals surface area contributed by atoms with E-state index < -0.39 is 0 Å². The van der Waals surface area contributed by atoms with Crippen LogP contribution in [0.4, 0.5) is 0 Å². The molecule has 0 atom stereocenters. The van der Waals surface area contributed by atoms with Crippen LogP contribution in [-0.4, -0.2) is 7.11 Å². The van der Waals surface area contributed by atoms with Crippen LogP contribution in [-0.2, 0) is 13.2 Å². The van der Waals surface area contributed by atoms with Gasteiger partial charge in [-0.3, -0.25) is 0 Å². The van der Waals surface area contributed by atoms with Crippen molar-refractivity contribution in [3.8, 4) is 22.6 Å². The molecule has 130 valence electrons. The maximum atomic E-state index is 6.10. The van der Waals surface area contributed by atoms with Crippen molar-refractivity contribution in [3.05, 3.63) is 83.9 Å². The van der Waals surface area contributed by atoms with Gasteiger partial charge in [-0.15, -0.1) is 12.4 Å². The average molecular weight is 356 g/mol. The van der Waals surface area contributed by atoms with E-state index in [1.165, 1.54) is 0 Å². The molecule has 0 aliphatic heterocycles. The van der Waals surface area contributed by atoms with Crippen molar-refractivity contribution in [3.63, 3.8) is 0 Å². The fraction of sp³-hybridized carbons (Fsp3) is 0.143. The molecule has 0 amide bonds. The molecule has 0 radical (unpaired) electrons. The van der Waals surface area contributed by atoms with Gasteiger partial charge >= 0.3 is 0 Å². The first-order chi connectivity index (χ1) is 11.8. The second-order valence-corrected chi connectivity index (χ2v) is 5.54. The van der Waals surface area contributed by atoms with Crippen LogP contribution in [0.3, 0.4) is 0 Å². The van der Waals surface area contributed by atoms with Gasteiger partial charge in [0.05, 0.1) is 7.11 Å². The van der Waals surface area contributed by atoms with Gasteiger partial charge in [-0.25, -0.2) is 0 Å². The lowest BCUT2D eigenvalue weighted by Gasteiger charge is -2.14. The number of halogens is 1. The summed E-state index contributed by atoms with van der Waals surface area (Å²) in [5.74, 6) is 1.65. The number of nitrogens with two attached hydrogens (primary N) is 1. The Kier molecular flexibility index (Phi) is 6.87. The Morgan fingerprint density at radius 1 is 0.840 bits per heavy atom. The summed E-state index contributed by atoms with van der Waals surface area (Å²) in [4.78, 5) is 0. The van der Waals surface area contributed by atoms with Crippen molar-refractivity contribution >= 4 is 12.4 Å². The highest BCUT2D eigenvalue weighted by Gasteiger charge is 2.09. The quantitative estimate of drug-likeness (QED) is 0.689. The molecular formula is C21H22ClNO2. The fourth-order valence-electron chi connectivity index (χ4n) is 2.58. The van der Waals surface area contributed by atoms with Gasteiger partial charge in [0, 0.05) is 12.1 Å². The molecule has 0 saturated heterocycles. The van der Waals surface area contributed by atoms with Crippen LogP contribution in [0.15, 0.2) is 72.8 Å². The van der Waals surface area contributed by atoms with Gasteiger partial charge in [0.2, 0.25) is 0 Å². The predicted molar refractivity (Wildman–Crippen MR) is 104 cm³/mol. The Bertz CT molecular complexity index is 806. The summed E-state index contributed by atoms with van der Waals surface area (Å²) >= 11 is 0. The molecule has 3 rings (SSSR count). The monoisotopic (exact) mass is 355 g/mol. The fourth-order valence-corrected chi connectivity index (χ4v) is 2.58. The van der Waals surface area contributed by atoms with E-state index >= 15 is 0 Å². The second-order valence-electron chi connectivity index (χ2n) is 5.54. The zero-order chi connectivity index (χ0) is 16.8. The smallest absolute Gasteiger partial charge is 0.127 e. The lowest BCUT2D eigenvalue weighted by atomic mass is 10.0. The summed E-state index contributed by atoms with van der Waals surface area (Å²) in [5.41, 5.74) is 10.0. The first kappa shape index (κ1) is 18.8. The van der Waals surface area contributed by atoms with Gasteiger partial charge in [-0.1, -0.05) is 54.6 Å². The van der Waals surface area contributed by atoms with Gasteiger partial charge in [0.1, 0.15) is 18.1 Å². The number of hydrogen-bond acceptors (Lipinski definition) is 3. The lowest BCUT2D eigenvalue weighted by Crippen LogP contribution is -2.00. The molecule has 0 unspecified atom stereocenters. The molecule has 3 aromatic carbocycles. The van der Waals surface area contributed by atoms with Crippen molar-refractivity contribution < 1.29 is 9.47 Å². The highest BCUT2D eigenvalue weighted by molar-refractivity contribution is 5.85. The molecule has 3 nitrogen and oxygen atoms in total. The minimum Gasteiger partial charge on any atom is -0.497 e. The van der Waals surface area contributed by atoms with E-state index in [0.29, 0.717) is 13.2 Å². The van der Waals surface area contributed by atoms with E-state index in [1.807, 2.05) is 48.5 Å². The summed E-state index contributed by atoms with van der Waals surface area (Å²) in [7, 11) is 1.67. The molecule has 3 aromatic rings. The van der Waals surface area contributed by atoms with E-state index in [-0.39, 0.29) is 12.4 Å². The number of ether oxygens (including phenoxy) is 2. The maximum absolute atomic E-state index is 6.10. The molecule has 4 heteroatoms. The predicted octanol–water partition coefficient (Wildman–Crippen LogP) is 4.82. The molecule has 0 saturated carbocycles. The van der Waals surface area contributed by atoms with Crippen molar-refractivity contribution in [2.24, 2.45) is 5.73 Å². The third-order valence-corrected chi connectivity index (χ3v) is 3.90. The van der Waals surface area contributed by atoms with Crippen molar-refractivity contribution in [1.29, 1.82) is 0 Å². The van der Waals surface area contributed by atoms with Crippen LogP contribution in [0.2, 0.25) is 0 Å². The Hall–Kier alpha value is -2.49. The third kappa shape index (κ3) is 4.75. The first-order valence-electron chi connectivity index (χ1n) is 7.94. The highest BCUT2D eigenvalue weighted by atomic mass is 35.5. The van der Waals surface area contributed by atoms with Crippen LogP contribution in [0, 0.1) is 0 Å². The SMILES string of the molecule is COc1cccc(-c2ccc(CN)cc2OCc2ccccc2)c1.Cl. The summed E-state index contributed by atoms with van der Waals surface area (Å²) in [6.07, 6.45) is 0. The Balaban J connectivity index is 0.00000225. The van der Waals surface area contributed by atoms with Crippen LogP contribution in [0.5, 0.6) is 11.5 Å². The minimum atomic E-state index is 0. The van der Waals surface area contributed by atoms with Gasteiger partial charge in [0.15, 0.2) is 0 Å². The normalized spacial score (nSPS) is 10.0. The topological polar surface area (TPSA) is 44.5 Å². The maximum Gasteiger partial charge on any atom is 0.127 e. The van der Waals surface area contributed by atoms with Crippen LogP contribution in [0.25, 0.3) is 11.1 Å². The van der Waals surface area contributed by atoms with Gasteiger partial charge in [0.25, 0.3) is 0 Å². The van der Waals surface area contributed by atoms with Crippen LogP contribution >= 0.6 is 12.4 Å². The summed E-state index contributed by atoms with van der Waals surface area (Å²) in [6.45, 7) is 1.01. The second kappa shape index (κ2) is 9.11. The Labute approximate surface area is 154 Å². The molecule has 0 bridgehead atoms. The number of benzene rings is 3. The van der Waals surface area contributed by atoms with E-state index in [9.17, 15) is 0 Å². The van der Waals surface area contributed by atoms with Gasteiger partial charge < -0.3 is 15.2 Å². The Morgan fingerprint density at radius 3 is 2.36 bits per heavy atom. The summed E-state index contributed by atoms with van der Waals surface area (Å²) in [6, 6.07) is 24.2. The van der Waals surface area contributed by atoms with Crippen molar-refractivity contribution in [2.75, 3.05) is 7.11 Å².